The van der Waals surface area contributed by atoms with Crippen molar-refractivity contribution in [3.8, 4) is 50.7 Å². The van der Waals surface area contributed by atoms with E-state index in [2.05, 4.69) is 305 Å². The van der Waals surface area contributed by atoms with Crippen LogP contribution in [0, 0.1) is 0 Å². The van der Waals surface area contributed by atoms with Gasteiger partial charge < -0.3 is 14.5 Å². The van der Waals surface area contributed by atoms with E-state index < -0.39 is 5.41 Å². The second kappa shape index (κ2) is 18.9. The van der Waals surface area contributed by atoms with Gasteiger partial charge in [0.05, 0.1) is 33.5 Å². The standard InChI is InChI=1S/C75H62N4O/c1-73(2,3)52-35-37-53(38-36-52)75(65-31-15-13-27-61(65)62-28-14-16-32-66(62)75)55-39-41-63-64-42-40-58(48-70(64)79(69(63)45-55)71-46-54(43-44-76-71)74(4,5)6)80-57-26-19-25-56(47-57)77-49-78(68-34-18-17-33-67(68)77)72-59(50-21-9-7-10-22-50)29-20-30-60(72)51-23-11-8-12-24-51/h7-48H,49H2,1-6H3. The third-order valence-electron chi connectivity index (χ3n) is 16.7. The van der Waals surface area contributed by atoms with Crippen LogP contribution in [0.1, 0.15) is 74.9 Å². The fourth-order valence-corrected chi connectivity index (χ4v) is 12.8. The average Bonchev–Trinajstić information content (AvgIpc) is 4.23. The molecule has 10 aromatic carbocycles. The Morgan fingerprint density at radius 1 is 0.412 bits per heavy atom. The Morgan fingerprint density at radius 3 is 1.57 bits per heavy atom. The Labute approximate surface area is 469 Å². The van der Waals surface area contributed by atoms with Gasteiger partial charge in [-0.2, -0.15) is 0 Å². The summed E-state index contributed by atoms with van der Waals surface area (Å²) in [6.45, 7) is 14.3. The highest BCUT2D eigenvalue weighted by molar-refractivity contribution is 6.10. The number of benzene rings is 10. The molecule has 0 saturated carbocycles. The molecule has 0 saturated heterocycles. The smallest absolute Gasteiger partial charge is 0.137 e. The molecule has 0 bridgehead atoms. The van der Waals surface area contributed by atoms with E-state index in [1.54, 1.807) is 0 Å². The van der Waals surface area contributed by atoms with Crippen molar-refractivity contribution in [3.63, 3.8) is 0 Å². The zero-order valence-electron chi connectivity index (χ0n) is 46.2. The highest BCUT2D eigenvalue weighted by Gasteiger charge is 2.46. The predicted octanol–water partition coefficient (Wildman–Crippen LogP) is 19.5. The molecule has 0 atom stereocenters. The van der Waals surface area contributed by atoms with E-state index in [1.807, 2.05) is 6.20 Å². The summed E-state index contributed by atoms with van der Waals surface area (Å²) in [7, 11) is 0. The van der Waals surface area contributed by atoms with E-state index in [-0.39, 0.29) is 10.8 Å². The molecule has 3 heterocycles. The molecule has 0 N–H and O–H groups in total. The molecule has 5 heteroatoms. The number of fused-ring (bicyclic) bond motifs is 7. The normalized spacial score (nSPS) is 13.6. The van der Waals surface area contributed by atoms with Crippen LogP contribution in [0.25, 0.3) is 61.0 Å². The maximum absolute atomic E-state index is 7.02. The lowest BCUT2D eigenvalue weighted by Gasteiger charge is -2.34. The number of para-hydroxylation sites is 3. The van der Waals surface area contributed by atoms with Gasteiger partial charge in [-0.1, -0.05) is 224 Å². The lowest BCUT2D eigenvalue weighted by Crippen LogP contribution is -2.29. The van der Waals surface area contributed by atoms with Crippen molar-refractivity contribution >= 4 is 44.6 Å². The summed E-state index contributed by atoms with van der Waals surface area (Å²) < 4.78 is 9.39. The summed E-state index contributed by atoms with van der Waals surface area (Å²) in [6, 6.07) is 91.0. The Kier molecular flexibility index (Phi) is 11.5. The van der Waals surface area contributed by atoms with Gasteiger partial charge in [-0.15, -0.1) is 0 Å². The Balaban J connectivity index is 0.893. The van der Waals surface area contributed by atoms with Gasteiger partial charge in [0, 0.05) is 45.9 Å². The Morgan fingerprint density at radius 2 is 0.938 bits per heavy atom. The van der Waals surface area contributed by atoms with E-state index in [0.717, 1.165) is 56.2 Å². The SMILES string of the molecule is CC(C)(C)c1ccc(C2(c3ccc4c5ccc(Oc6cccc(N7CN(c8c(-c9ccccc9)cccc8-c8ccccc8)c8ccccc87)c6)cc5n(-c5cc(C(C)(C)C)ccn5)c4c3)c3ccccc3-c3ccccc32)cc1. The predicted molar refractivity (Wildman–Crippen MR) is 333 cm³/mol. The van der Waals surface area contributed by atoms with Gasteiger partial charge in [0.2, 0.25) is 0 Å². The minimum Gasteiger partial charge on any atom is -0.457 e. The first-order valence-electron chi connectivity index (χ1n) is 28.0. The number of ether oxygens (including phenoxy) is 1. The molecule has 0 radical (unpaired) electrons. The van der Waals surface area contributed by atoms with E-state index in [1.165, 1.54) is 72.4 Å². The first-order valence-corrected chi connectivity index (χ1v) is 28.0. The summed E-state index contributed by atoms with van der Waals surface area (Å²) in [5, 5.41) is 2.28. The number of hydrogen-bond donors (Lipinski definition) is 0. The van der Waals surface area contributed by atoms with Crippen LogP contribution < -0.4 is 14.5 Å². The second-order valence-corrected chi connectivity index (χ2v) is 23.6. The van der Waals surface area contributed by atoms with Crippen LogP contribution in [0.3, 0.4) is 0 Å². The summed E-state index contributed by atoms with van der Waals surface area (Å²) in [5.41, 5.74) is 20.8. The lowest BCUT2D eigenvalue weighted by molar-refractivity contribution is 0.483. The average molecular weight is 1040 g/mol. The number of hydrogen-bond acceptors (Lipinski definition) is 4. The molecule has 80 heavy (non-hydrogen) atoms. The Bertz CT molecular complexity index is 4230. The maximum atomic E-state index is 7.02. The number of aromatic nitrogens is 2. The summed E-state index contributed by atoms with van der Waals surface area (Å²) >= 11 is 0. The van der Waals surface area contributed by atoms with E-state index >= 15 is 0 Å². The lowest BCUT2D eigenvalue weighted by atomic mass is 9.67. The van der Waals surface area contributed by atoms with Crippen molar-refractivity contribution in [2.24, 2.45) is 0 Å². The number of rotatable bonds is 9. The fourth-order valence-electron chi connectivity index (χ4n) is 12.8. The molecule has 14 rings (SSSR count). The first kappa shape index (κ1) is 48.9. The van der Waals surface area contributed by atoms with Crippen molar-refractivity contribution < 1.29 is 4.74 Å². The zero-order chi connectivity index (χ0) is 54.3. The van der Waals surface area contributed by atoms with E-state index in [9.17, 15) is 0 Å². The van der Waals surface area contributed by atoms with Crippen LogP contribution in [-0.4, -0.2) is 16.2 Å². The molecular weight excluding hydrogens is 973 g/mol. The summed E-state index contributed by atoms with van der Waals surface area (Å²) in [6.07, 6.45) is 1.96. The van der Waals surface area contributed by atoms with Gasteiger partial charge in [-0.25, -0.2) is 4.98 Å². The second-order valence-electron chi connectivity index (χ2n) is 23.6. The monoisotopic (exact) mass is 1030 g/mol. The molecule has 0 amide bonds. The van der Waals surface area contributed by atoms with Crippen LogP contribution in [-0.2, 0) is 16.2 Å². The molecule has 0 spiro atoms. The number of pyridine rings is 1. The highest BCUT2D eigenvalue weighted by Crippen LogP contribution is 2.57. The minimum absolute atomic E-state index is 0.0169. The molecule has 388 valence electrons. The van der Waals surface area contributed by atoms with Crippen molar-refractivity contribution in [2.45, 2.75) is 57.8 Å². The molecule has 0 unspecified atom stereocenters. The van der Waals surface area contributed by atoms with Gasteiger partial charge >= 0.3 is 0 Å². The fraction of sp³-hybridized carbons (Fsp3) is 0.133. The first-order chi connectivity index (χ1) is 38.9. The third-order valence-corrected chi connectivity index (χ3v) is 16.7. The van der Waals surface area contributed by atoms with Crippen molar-refractivity contribution in [2.75, 3.05) is 16.5 Å². The van der Waals surface area contributed by atoms with Crippen LogP contribution in [0.5, 0.6) is 11.5 Å². The minimum atomic E-state index is -0.582. The third kappa shape index (κ3) is 8.02. The maximum Gasteiger partial charge on any atom is 0.137 e. The van der Waals surface area contributed by atoms with Crippen LogP contribution in [0.2, 0.25) is 0 Å². The van der Waals surface area contributed by atoms with Crippen molar-refractivity contribution in [1.82, 2.24) is 9.55 Å². The topological polar surface area (TPSA) is 33.5 Å². The van der Waals surface area contributed by atoms with Gasteiger partial charge in [0.1, 0.15) is 24.0 Å². The van der Waals surface area contributed by atoms with Crippen molar-refractivity contribution in [1.29, 1.82) is 0 Å². The molecule has 12 aromatic rings. The molecule has 2 aromatic heterocycles. The molecule has 5 nitrogen and oxygen atoms in total. The van der Waals surface area contributed by atoms with Gasteiger partial charge in [0.15, 0.2) is 0 Å². The van der Waals surface area contributed by atoms with Gasteiger partial charge in [0.25, 0.3) is 0 Å². The van der Waals surface area contributed by atoms with Gasteiger partial charge in [-0.3, -0.25) is 4.57 Å². The summed E-state index contributed by atoms with van der Waals surface area (Å²) in [5.74, 6) is 2.36. The molecule has 0 fully saturated rings. The molecule has 1 aliphatic carbocycles. The van der Waals surface area contributed by atoms with Crippen LogP contribution in [0.4, 0.5) is 22.7 Å². The zero-order valence-corrected chi connectivity index (χ0v) is 46.2. The van der Waals surface area contributed by atoms with E-state index in [0.29, 0.717) is 6.67 Å². The van der Waals surface area contributed by atoms with E-state index in [4.69, 9.17) is 9.72 Å². The quantitative estimate of drug-likeness (QED) is 0.144. The molecular formula is C75H62N4O. The molecule has 1 aliphatic heterocycles. The number of anilines is 4. The number of nitrogens with zero attached hydrogens (tertiary/aromatic N) is 4. The summed E-state index contributed by atoms with van der Waals surface area (Å²) in [4.78, 5) is 10.1. The largest absolute Gasteiger partial charge is 0.457 e. The highest BCUT2D eigenvalue weighted by atomic mass is 16.5. The van der Waals surface area contributed by atoms with Crippen LogP contribution in [0.15, 0.2) is 255 Å². The van der Waals surface area contributed by atoms with Crippen LogP contribution >= 0.6 is 0 Å². The Hall–Kier alpha value is -9.45. The van der Waals surface area contributed by atoms with Gasteiger partial charge in [-0.05, 0) is 121 Å². The van der Waals surface area contributed by atoms with Crippen molar-refractivity contribution in [3.05, 3.63) is 288 Å². The molecule has 2 aliphatic rings.